The topological polar surface area (TPSA) is 67.0 Å². The second-order valence-electron chi connectivity index (χ2n) is 5.33. The Hall–Kier alpha value is -2.86. The van der Waals surface area contributed by atoms with E-state index < -0.39 is 5.82 Å². The maximum atomic E-state index is 13.1. The third kappa shape index (κ3) is 3.97. The van der Waals surface area contributed by atoms with Gasteiger partial charge in [0, 0.05) is 12.1 Å². The smallest absolute Gasteiger partial charge is 0.269 e. The van der Waals surface area contributed by atoms with E-state index >= 15 is 0 Å². The van der Waals surface area contributed by atoms with E-state index in [9.17, 15) is 9.18 Å². The second kappa shape index (κ2) is 7.36. The number of hydrogen-bond acceptors (Lipinski definition) is 3. The lowest BCUT2D eigenvalue weighted by atomic mass is 10.1. The second-order valence-corrected chi connectivity index (χ2v) is 5.73. The van der Waals surface area contributed by atoms with E-state index in [1.54, 1.807) is 19.2 Å². The van der Waals surface area contributed by atoms with Crippen LogP contribution in [0, 0.1) is 5.82 Å². The van der Waals surface area contributed by atoms with Crippen molar-refractivity contribution in [2.75, 3.05) is 7.11 Å². The van der Waals surface area contributed by atoms with E-state index in [1.165, 1.54) is 12.1 Å². The van der Waals surface area contributed by atoms with Crippen LogP contribution >= 0.6 is 11.6 Å². The van der Waals surface area contributed by atoms with Crippen molar-refractivity contribution in [2.24, 2.45) is 0 Å². The predicted octanol–water partition coefficient (Wildman–Crippen LogP) is 3.81. The molecular formula is C18H15ClFN3O2. The summed E-state index contributed by atoms with van der Waals surface area (Å²) >= 11 is 5.73. The molecule has 2 aromatic carbocycles. The molecule has 25 heavy (non-hydrogen) atoms. The summed E-state index contributed by atoms with van der Waals surface area (Å²) < 4.78 is 18.2. The molecule has 128 valence electrons. The number of halogens is 2. The zero-order chi connectivity index (χ0) is 17.8. The van der Waals surface area contributed by atoms with Gasteiger partial charge in [-0.3, -0.25) is 9.89 Å². The zero-order valence-electron chi connectivity index (χ0n) is 13.3. The van der Waals surface area contributed by atoms with Gasteiger partial charge in [-0.25, -0.2) is 4.39 Å². The van der Waals surface area contributed by atoms with Crippen molar-refractivity contribution in [1.29, 1.82) is 0 Å². The first-order chi connectivity index (χ1) is 12.1. The third-order valence-electron chi connectivity index (χ3n) is 3.65. The Bertz CT molecular complexity index is 894. The van der Waals surface area contributed by atoms with Crippen LogP contribution in [0.25, 0.3) is 11.3 Å². The molecule has 0 fully saturated rings. The Morgan fingerprint density at radius 2 is 2.00 bits per heavy atom. The highest BCUT2D eigenvalue weighted by atomic mass is 35.5. The number of carbonyl (C=O) groups is 1. The molecule has 0 aliphatic heterocycles. The molecule has 5 nitrogen and oxygen atoms in total. The third-order valence-corrected chi connectivity index (χ3v) is 3.93. The highest BCUT2D eigenvalue weighted by Crippen LogP contribution is 2.21. The highest BCUT2D eigenvalue weighted by molar-refractivity contribution is 6.30. The van der Waals surface area contributed by atoms with Crippen LogP contribution in [0.1, 0.15) is 16.1 Å². The van der Waals surface area contributed by atoms with Gasteiger partial charge in [0.15, 0.2) is 0 Å². The molecule has 0 saturated heterocycles. The first-order valence-corrected chi connectivity index (χ1v) is 7.86. The number of nitrogens with one attached hydrogen (secondary N) is 2. The molecule has 7 heteroatoms. The minimum atomic E-state index is -0.491. The summed E-state index contributed by atoms with van der Waals surface area (Å²) in [5, 5.41) is 9.61. The van der Waals surface area contributed by atoms with Crippen molar-refractivity contribution in [3.05, 3.63) is 70.6 Å². The first kappa shape index (κ1) is 17.0. The molecule has 0 radical (unpaired) electrons. The summed E-state index contributed by atoms with van der Waals surface area (Å²) in [6, 6.07) is 13.3. The molecule has 3 rings (SSSR count). The maximum absolute atomic E-state index is 13.1. The summed E-state index contributed by atoms with van der Waals surface area (Å²) in [6.45, 7) is 0.232. The number of aromatic amines is 1. The Balaban J connectivity index is 1.66. The van der Waals surface area contributed by atoms with E-state index in [2.05, 4.69) is 15.5 Å². The van der Waals surface area contributed by atoms with E-state index in [0.717, 1.165) is 11.3 Å². The molecule has 0 unspecified atom stereocenters. The van der Waals surface area contributed by atoms with Gasteiger partial charge < -0.3 is 10.1 Å². The largest absolute Gasteiger partial charge is 0.497 e. The van der Waals surface area contributed by atoms with Crippen LogP contribution in [0.15, 0.2) is 48.5 Å². The molecule has 0 bridgehead atoms. The monoisotopic (exact) mass is 359 g/mol. The summed E-state index contributed by atoms with van der Waals surface area (Å²) in [6.07, 6.45) is 0. The summed E-state index contributed by atoms with van der Waals surface area (Å²) in [5.41, 5.74) is 2.55. The van der Waals surface area contributed by atoms with Crippen molar-refractivity contribution in [1.82, 2.24) is 15.5 Å². The Morgan fingerprint density at radius 1 is 1.24 bits per heavy atom. The summed E-state index contributed by atoms with van der Waals surface area (Å²) in [7, 11) is 1.60. The minimum Gasteiger partial charge on any atom is -0.497 e. The van der Waals surface area contributed by atoms with Crippen molar-refractivity contribution in [3.63, 3.8) is 0 Å². The number of methoxy groups -OCH3 is 1. The minimum absolute atomic E-state index is 0.0232. The van der Waals surface area contributed by atoms with E-state index in [-0.39, 0.29) is 17.5 Å². The van der Waals surface area contributed by atoms with Crippen LogP contribution in [0.4, 0.5) is 4.39 Å². The van der Waals surface area contributed by atoms with E-state index in [4.69, 9.17) is 16.3 Å². The standard InChI is InChI=1S/C18H15ClFN3O2/c1-25-13-5-3-12(4-6-13)16-9-17(23-22-16)18(24)21-10-11-2-7-15(20)14(19)8-11/h2-9H,10H2,1H3,(H,21,24)(H,22,23). The molecule has 2 N–H and O–H groups in total. The summed E-state index contributed by atoms with van der Waals surface area (Å²) in [4.78, 5) is 12.2. The molecule has 3 aromatic rings. The maximum Gasteiger partial charge on any atom is 0.269 e. The quantitative estimate of drug-likeness (QED) is 0.728. The molecule has 0 atom stereocenters. The number of nitrogens with zero attached hydrogens (tertiary/aromatic N) is 1. The van der Waals surface area contributed by atoms with Crippen molar-refractivity contribution in [3.8, 4) is 17.0 Å². The van der Waals surface area contributed by atoms with Crippen LogP contribution in [0.2, 0.25) is 5.02 Å². The number of amides is 1. The predicted molar refractivity (Wildman–Crippen MR) is 93.2 cm³/mol. The molecule has 0 saturated carbocycles. The number of H-pyrrole nitrogens is 1. The normalized spacial score (nSPS) is 10.5. The molecular weight excluding hydrogens is 345 g/mol. The summed E-state index contributed by atoms with van der Waals surface area (Å²) in [5.74, 6) is -0.0580. The number of rotatable bonds is 5. The van der Waals surface area contributed by atoms with Gasteiger partial charge in [-0.15, -0.1) is 0 Å². The van der Waals surface area contributed by atoms with E-state index in [1.807, 2.05) is 24.3 Å². The van der Waals surface area contributed by atoms with Gasteiger partial charge in [-0.1, -0.05) is 17.7 Å². The average molecular weight is 360 g/mol. The fraction of sp³-hybridized carbons (Fsp3) is 0.111. The fourth-order valence-corrected chi connectivity index (χ4v) is 2.48. The Labute approximate surface area is 148 Å². The Kier molecular flexibility index (Phi) is 5.00. The molecule has 0 aliphatic carbocycles. The van der Waals surface area contributed by atoms with Gasteiger partial charge in [0.2, 0.25) is 0 Å². The van der Waals surface area contributed by atoms with Crippen molar-refractivity contribution >= 4 is 17.5 Å². The van der Waals surface area contributed by atoms with Gasteiger partial charge in [0.05, 0.1) is 17.8 Å². The van der Waals surface area contributed by atoms with Crippen LogP contribution in [0.5, 0.6) is 5.75 Å². The fourth-order valence-electron chi connectivity index (χ4n) is 2.27. The molecule has 0 spiro atoms. The zero-order valence-corrected chi connectivity index (χ0v) is 14.1. The van der Waals surface area contributed by atoms with Crippen LogP contribution in [-0.2, 0) is 6.54 Å². The van der Waals surface area contributed by atoms with Crippen molar-refractivity contribution < 1.29 is 13.9 Å². The van der Waals surface area contributed by atoms with Gasteiger partial charge in [-0.05, 0) is 48.0 Å². The van der Waals surface area contributed by atoms with Gasteiger partial charge >= 0.3 is 0 Å². The number of carbonyl (C=O) groups excluding carboxylic acids is 1. The van der Waals surface area contributed by atoms with Gasteiger partial charge in [-0.2, -0.15) is 5.10 Å². The lowest BCUT2D eigenvalue weighted by Crippen LogP contribution is -2.23. The SMILES string of the molecule is COc1ccc(-c2cc(C(=O)NCc3ccc(F)c(Cl)c3)[nH]n2)cc1. The number of hydrogen-bond donors (Lipinski definition) is 2. The molecule has 1 heterocycles. The van der Waals surface area contributed by atoms with E-state index in [0.29, 0.717) is 17.0 Å². The number of ether oxygens (including phenoxy) is 1. The Morgan fingerprint density at radius 3 is 2.68 bits per heavy atom. The van der Waals surface area contributed by atoms with Crippen LogP contribution < -0.4 is 10.1 Å². The molecule has 1 amide bonds. The van der Waals surface area contributed by atoms with Gasteiger partial charge in [0.25, 0.3) is 5.91 Å². The van der Waals surface area contributed by atoms with Crippen LogP contribution in [-0.4, -0.2) is 23.2 Å². The lowest BCUT2D eigenvalue weighted by Gasteiger charge is -2.04. The molecule has 1 aromatic heterocycles. The lowest BCUT2D eigenvalue weighted by molar-refractivity contribution is 0.0946. The van der Waals surface area contributed by atoms with Crippen molar-refractivity contribution in [2.45, 2.75) is 6.54 Å². The highest BCUT2D eigenvalue weighted by Gasteiger charge is 2.11. The van der Waals surface area contributed by atoms with Gasteiger partial charge in [0.1, 0.15) is 17.3 Å². The molecule has 0 aliphatic rings. The number of benzene rings is 2. The van der Waals surface area contributed by atoms with Crippen LogP contribution in [0.3, 0.4) is 0 Å². The average Bonchev–Trinajstić information content (AvgIpc) is 3.13. The first-order valence-electron chi connectivity index (χ1n) is 7.49. The number of aromatic nitrogens is 2.